The van der Waals surface area contributed by atoms with Gasteiger partial charge in [-0.05, 0) is 62.5 Å². The second-order valence-corrected chi connectivity index (χ2v) is 8.04. The van der Waals surface area contributed by atoms with Crippen LogP contribution in [0.2, 0.25) is 0 Å². The molecule has 3 aromatic rings. The number of carboxylic acids is 1. The van der Waals surface area contributed by atoms with Gasteiger partial charge in [0.25, 0.3) is 0 Å². The third-order valence-electron chi connectivity index (χ3n) is 5.06. The Hall–Kier alpha value is -2.87. The van der Waals surface area contributed by atoms with E-state index in [2.05, 4.69) is 40.0 Å². The van der Waals surface area contributed by atoms with Gasteiger partial charge in [0.2, 0.25) is 0 Å². The van der Waals surface area contributed by atoms with Crippen LogP contribution in [0, 0.1) is 3.57 Å². The van der Waals surface area contributed by atoms with E-state index in [1.807, 2.05) is 36.4 Å². The normalized spacial score (nSPS) is 13.3. The molecule has 0 aromatic heterocycles. The van der Waals surface area contributed by atoms with Gasteiger partial charge < -0.3 is 15.2 Å². The number of amides is 1. The monoisotopic (exact) mass is 499 g/mol. The van der Waals surface area contributed by atoms with Crippen LogP contribution in [0.15, 0.2) is 72.8 Å². The minimum atomic E-state index is -1.16. The van der Waals surface area contributed by atoms with Gasteiger partial charge in [0.15, 0.2) is 6.04 Å². The van der Waals surface area contributed by atoms with Gasteiger partial charge in [-0.15, -0.1) is 0 Å². The van der Waals surface area contributed by atoms with E-state index < -0.39 is 18.1 Å². The van der Waals surface area contributed by atoms with Gasteiger partial charge in [-0.25, -0.2) is 9.59 Å². The van der Waals surface area contributed by atoms with Crippen molar-refractivity contribution in [1.29, 1.82) is 0 Å². The molecular weight excluding hydrogens is 481 g/mol. The number of carbonyl (C=O) groups excluding carboxylic acids is 1. The first-order valence-electron chi connectivity index (χ1n) is 9.14. The Morgan fingerprint density at radius 1 is 0.931 bits per heavy atom. The number of carboxylic acid groups (broad SMARTS) is 1. The van der Waals surface area contributed by atoms with Crippen molar-refractivity contribution in [2.24, 2.45) is 0 Å². The molecule has 2 N–H and O–H groups in total. The third-order valence-corrected chi connectivity index (χ3v) is 5.78. The molecule has 6 heteroatoms. The van der Waals surface area contributed by atoms with E-state index in [9.17, 15) is 14.7 Å². The highest BCUT2D eigenvalue weighted by Gasteiger charge is 2.30. The first-order valence-corrected chi connectivity index (χ1v) is 10.2. The molecule has 5 nitrogen and oxygen atoms in total. The lowest BCUT2D eigenvalue weighted by Crippen LogP contribution is -2.34. The zero-order valence-corrected chi connectivity index (χ0v) is 17.5. The molecule has 0 aliphatic heterocycles. The van der Waals surface area contributed by atoms with Gasteiger partial charge in [-0.1, -0.05) is 60.7 Å². The van der Waals surface area contributed by atoms with Crippen molar-refractivity contribution in [2.45, 2.75) is 12.0 Å². The fraction of sp³-hybridized carbons (Fsp3) is 0.130. The van der Waals surface area contributed by atoms with Crippen LogP contribution in [0.3, 0.4) is 0 Å². The third kappa shape index (κ3) is 3.98. The number of benzene rings is 3. The summed E-state index contributed by atoms with van der Waals surface area (Å²) in [5.74, 6) is -1.21. The smallest absolute Gasteiger partial charge is 0.408 e. The van der Waals surface area contributed by atoms with E-state index >= 15 is 0 Å². The quantitative estimate of drug-likeness (QED) is 0.487. The van der Waals surface area contributed by atoms with Crippen LogP contribution in [0.5, 0.6) is 0 Å². The van der Waals surface area contributed by atoms with Gasteiger partial charge in [0, 0.05) is 9.49 Å². The van der Waals surface area contributed by atoms with Crippen molar-refractivity contribution < 1.29 is 19.4 Å². The predicted molar refractivity (Wildman–Crippen MR) is 118 cm³/mol. The predicted octanol–water partition coefficient (Wildman–Crippen LogP) is 4.96. The number of hydrogen-bond acceptors (Lipinski definition) is 3. The van der Waals surface area contributed by atoms with Gasteiger partial charge in [-0.2, -0.15) is 0 Å². The SMILES string of the molecule is O=C(NC(C(=O)O)c1ccc(I)cc1)OCC1c2ccccc2-c2ccccc21. The molecule has 1 amide bonds. The first kappa shape index (κ1) is 19.4. The summed E-state index contributed by atoms with van der Waals surface area (Å²) in [6.07, 6.45) is -0.752. The fourth-order valence-corrected chi connectivity index (χ4v) is 4.06. The number of fused-ring (bicyclic) bond motifs is 3. The lowest BCUT2D eigenvalue weighted by molar-refractivity contribution is -0.139. The molecule has 3 aromatic carbocycles. The number of ether oxygens (including phenoxy) is 1. The summed E-state index contributed by atoms with van der Waals surface area (Å²) < 4.78 is 6.43. The van der Waals surface area contributed by atoms with Crippen molar-refractivity contribution in [3.63, 3.8) is 0 Å². The maximum absolute atomic E-state index is 12.4. The van der Waals surface area contributed by atoms with Crippen LogP contribution in [0.1, 0.15) is 28.7 Å². The Morgan fingerprint density at radius 2 is 1.48 bits per heavy atom. The molecule has 0 saturated heterocycles. The van der Waals surface area contributed by atoms with Crippen molar-refractivity contribution >= 4 is 34.7 Å². The second-order valence-electron chi connectivity index (χ2n) is 6.79. The summed E-state index contributed by atoms with van der Waals surface area (Å²) in [5, 5.41) is 12.0. The summed E-state index contributed by atoms with van der Waals surface area (Å²) in [6.45, 7) is 0.138. The fourth-order valence-electron chi connectivity index (χ4n) is 3.70. The van der Waals surface area contributed by atoms with Crippen molar-refractivity contribution in [1.82, 2.24) is 5.32 Å². The molecule has 1 atom stereocenters. The summed E-state index contributed by atoms with van der Waals surface area (Å²) in [7, 11) is 0. The maximum atomic E-state index is 12.4. The number of hydrogen-bond donors (Lipinski definition) is 2. The van der Waals surface area contributed by atoms with E-state index in [1.54, 1.807) is 24.3 Å². The molecule has 4 rings (SSSR count). The largest absolute Gasteiger partial charge is 0.479 e. The zero-order valence-electron chi connectivity index (χ0n) is 15.3. The Bertz CT molecular complexity index is 1020. The number of nitrogens with one attached hydrogen (secondary N) is 1. The summed E-state index contributed by atoms with van der Waals surface area (Å²) in [6, 6.07) is 21.9. The topological polar surface area (TPSA) is 75.6 Å². The Balaban J connectivity index is 1.48. The Morgan fingerprint density at radius 3 is 2.03 bits per heavy atom. The van der Waals surface area contributed by atoms with E-state index in [1.165, 1.54) is 0 Å². The number of aliphatic carboxylic acids is 1. The molecular formula is C23H18INO4. The van der Waals surface area contributed by atoms with Crippen molar-refractivity contribution in [3.8, 4) is 11.1 Å². The number of rotatable bonds is 5. The lowest BCUT2D eigenvalue weighted by Gasteiger charge is -2.17. The molecule has 29 heavy (non-hydrogen) atoms. The first-order chi connectivity index (χ1) is 14.0. The standard InChI is InChI=1S/C23H18INO4/c24-15-11-9-14(10-12-15)21(22(26)27)25-23(28)29-13-20-18-7-3-1-5-16(18)17-6-2-4-8-19(17)20/h1-12,20-21H,13H2,(H,25,28)(H,26,27). The van der Waals surface area contributed by atoms with E-state index in [-0.39, 0.29) is 12.5 Å². The second kappa shape index (κ2) is 8.24. The molecule has 1 aliphatic rings. The average molecular weight is 499 g/mol. The Kier molecular flexibility index (Phi) is 5.53. The molecule has 1 aliphatic carbocycles. The zero-order chi connectivity index (χ0) is 20.4. The van der Waals surface area contributed by atoms with Gasteiger partial charge in [0.1, 0.15) is 6.61 Å². The molecule has 146 valence electrons. The summed E-state index contributed by atoms with van der Waals surface area (Å²) >= 11 is 2.14. The summed E-state index contributed by atoms with van der Waals surface area (Å²) in [5.41, 5.74) is 4.98. The summed E-state index contributed by atoms with van der Waals surface area (Å²) in [4.78, 5) is 24.0. The molecule has 0 radical (unpaired) electrons. The van der Waals surface area contributed by atoms with Crippen LogP contribution >= 0.6 is 22.6 Å². The Labute approximate surface area is 181 Å². The molecule has 0 saturated carbocycles. The van der Waals surface area contributed by atoms with E-state index in [0.717, 1.165) is 25.8 Å². The van der Waals surface area contributed by atoms with Gasteiger partial charge in [0.05, 0.1) is 0 Å². The van der Waals surface area contributed by atoms with Crippen LogP contribution in [0.4, 0.5) is 4.79 Å². The number of halogens is 1. The van der Waals surface area contributed by atoms with E-state index in [4.69, 9.17) is 4.74 Å². The van der Waals surface area contributed by atoms with Crippen LogP contribution in [-0.2, 0) is 9.53 Å². The highest BCUT2D eigenvalue weighted by molar-refractivity contribution is 14.1. The minimum absolute atomic E-state index is 0.0743. The van der Waals surface area contributed by atoms with Crippen LogP contribution in [0.25, 0.3) is 11.1 Å². The lowest BCUT2D eigenvalue weighted by atomic mass is 9.98. The molecule has 0 bridgehead atoms. The maximum Gasteiger partial charge on any atom is 0.408 e. The van der Waals surface area contributed by atoms with Crippen molar-refractivity contribution in [3.05, 3.63) is 93.1 Å². The number of carbonyl (C=O) groups is 2. The highest BCUT2D eigenvalue weighted by atomic mass is 127. The minimum Gasteiger partial charge on any atom is -0.479 e. The number of alkyl carbamates (subject to hydrolysis) is 1. The average Bonchev–Trinajstić information content (AvgIpc) is 3.05. The van der Waals surface area contributed by atoms with Crippen LogP contribution < -0.4 is 5.32 Å². The molecule has 0 spiro atoms. The molecule has 1 unspecified atom stereocenters. The highest BCUT2D eigenvalue weighted by Crippen LogP contribution is 2.44. The molecule has 0 fully saturated rings. The van der Waals surface area contributed by atoms with Gasteiger partial charge in [-0.3, -0.25) is 0 Å². The van der Waals surface area contributed by atoms with Crippen LogP contribution in [-0.4, -0.2) is 23.8 Å². The van der Waals surface area contributed by atoms with E-state index in [0.29, 0.717) is 5.56 Å². The molecule has 0 heterocycles. The van der Waals surface area contributed by atoms with Crippen molar-refractivity contribution in [2.75, 3.05) is 6.61 Å². The van der Waals surface area contributed by atoms with Gasteiger partial charge >= 0.3 is 12.1 Å².